The van der Waals surface area contributed by atoms with Crippen molar-refractivity contribution in [3.05, 3.63) is 35.4 Å². The van der Waals surface area contributed by atoms with Crippen LogP contribution in [-0.2, 0) is 4.79 Å². The number of rotatable bonds is 5. The topological polar surface area (TPSA) is 49.3 Å². The van der Waals surface area contributed by atoms with Crippen molar-refractivity contribution in [2.45, 2.75) is 32.4 Å². The summed E-state index contributed by atoms with van der Waals surface area (Å²) in [6.45, 7) is 3.69. The van der Waals surface area contributed by atoms with Crippen LogP contribution in [-0.4, -0.2) is 17.1 Å². The lowest BCUT2D eigenvalue weighted by atomic mass is 10.0. The molecule has 0 aromatic heterocycles. The third-order valence-electron chi connectivity index (χ3n) is 2.58. The van der Waals surface area contributed by atoms with Gasteiger partial charge in [-0.05, 0) is 19.4 Å². The van der Waals surface area contributed by atoms with Crippen LogP contribution in [0.25, 0.3) is 0 Å². The van der Waals surface area contributed by atoms with Crippen molar-refractivity contribution in [1.82, 2.24) is 5.32 Å². The van der Waals surface area contributed by atoms with E-state index >= 15 is 0 Å². The van der Waals surface area contributed by atoms with Crippen molar-refractivity contribution in [1.29, 1.82) is 0 Å². The molecule has 5 heteroatoms. The zero-order valence-corrected chi connectivity index (χ0v) is 9.71. The van der Waals surface area contributed by atoms with Gasteiger partial charge in [0.25, 0.3) is 0 Å². The van der Waals surface area contributed by atoms with E-state index in [4.69, 9.17) is 5.11 Å². The second-order valence-electron chi connectivity index (χ2n) is 3.91. The second-order valence-corrected chi connectivity index (χ2v) is 3.91. The molecular weight excluding hydrogens is 228 g/mol. The van der Waals surface area contributed by atoms with Gasteiger partial charge in [0.05, 0.1) is 0 Å². The summed E-state index contributed by atoms with van der Waals surface area (Å²) in [5.74, 6) is -2.76. The molecule has 2 unspecified atom stereocenters. The summed E-state index contributed by atoms with van der Waals surface area (Å²) >= 11 is 0. The molecule has 0 aliphatic rings. The van der Waals surface area contributed by atoms with Crippen LogP contribution in [0, 0.1) is 11.6 Å². The van der Waals surface area contributed by atoms with Gasteiger partial charge in [-0.3, -0.25) is 10.1 Å². The molecule has 3 nitrogen and oxygen atoms in total. The van der Waals surface area contributed by atoms with Crippen LogP contribution >= 0.6 is 0 Å². The number of hydrogen-bond donors (Lipinski definition) is 2. The molecule has 94 valence electrons. The second kappa shape index (κ2) is 5.72. The van der Waals surface area contributed by atoms with Crippen LogP contribution in [0.1, 0.15) is 31.9 Å². The standard InChI is InChI=1S/C12H15F2NO2/c1-3-7(2)15-11(12(16)17)9-5-4-8(13)6-10(9)14/h4-7,11,15H,3H2,1-2H3,(H,16,17). The van der Waals surface area contributed by atoms with E-state index in [0.717, 1.165) is 12.1 Å². The van der Waals surface area contributed by atoms with Gasteiger partial charge in [0.15, 0.2) is 0 Å². The fourth-order valence-corrected chi connectivity index (χ4v) is 1.43. The fourth-order valence-electron chi connectivity index (χ4n) is 1.43. The highest BCUT2D eigenvalue weighted by molar-refractivity contribution is 5.75. The van der Waals surface area contributed by atoms with Gasteiger partial charge in [0, 0.05) is 17.7 Å². The molecule has 0 amide bonds. The predicted octanol–water partition coefficient (Wildman–Crippen LogP) is 2.48. The van der Waals surface area contributed by atoms with Gasteiger partial charge >= 0.3 is 5.97 Å². The van der Waals surface area contributed by atoms with Crippen LogP contribution in [0.3, 0.4) is 0 Å². The maximum atomic E-state index is 13.5. The maximum absolute atomic E-state index is 13.5. The number of benzene rings is 1. The first-order valence-corrected chi connectivity index (χ1v) is 5.39. The van der Waals surface area contributed by atoms with Gasteiger partial charge in [0.2, 0.25) is 0 Å². The molecule has 0 aliphatic carbocycles. The smallest absolute Gasteiger partial charge is 0.325 e. The Hall–Kier alpha value is -1.49. The number of nitrogens with one attached hydrogen (secondary N) is 1. The predicted molar refractivity (Wildman–Crippen MR) is 59.6 cm³/mol. The van der Waals surface area contributed by atoms with E-state index in [0.29, 0.717) is 12.5 Å². The van der Waals surface area contributed by atoms with E-state index in [1.54, 1.807) is 6.92 Å². The SMILES string of the molecule is CCC(C)NC(C(=O)O)c1ccc(F)cc1F. The van der Waals surface area contributed by atoms with E-state index in [1.807, 2.05) is 6.92 Å². The molecule has 0 aliphatic heterocycles. The van der Waals surface area contributed by atoms with Crippen molar-refractivity contribution >= 4 is 5.97 Å². The zero-order valence-electron chi connectivity index (χ0n) is 9.71. The molecule has 17 heavy (non-hydrogen) atoms. The number of halogens is 2. The first kappa shape index (κ1) is 13.6. The largest absolute Gasteiger partial charge is 0.480 e. The first-order chi connectivity index (χ1) is 7.95. The van der Waals surface area contributed by atoms with Gasteiger partial charge in [-0.15, -0.1) is 0 Å². The van der Waals surface area contributed by atoms with E-state index in [1.165, 1.54) is 0 Å². The molecule has 1 rings (SSSR count). The van der Waals surface area contributed by atoms with Crippen molar-refractivity contribution in [3.63, 3.8) is 0 Å². The van der Waals surface area contributed by atoms with Crippen LogP contribution in [0.15, 0.2) is 18.2 Å². The minimum Gasteiger partial charge on any atom is -0.480 e. The number of carbonyl (C=O) groups is 1. The Morgan fingerprint density at radius 2 is 2.12 bits per heavy atom. The molecule has 0 radical (unpaired) electrons. The summed E-state index contributed by atoms with van der Waals surface area (Å²) in [5, 5.41) is 11.8. The quantitative estimate of drug-likeness (QED) is 0.835. The molecule has 0 bridgehead atoms. The Bertz CT molecular complexity index is 409. The van der Waals surface area contributed by atoms with Gasteiger partial charge in [-0.2, -0.15) is 0 Å². The molecule has 1 aromatic rings. The average Bonchev–Trinajstić information content (AvgIpc) is 2.26. The molecule has 0 spiro atoms. The molecule has 2 N–H and O–H groups in total. The highest BCUT2D eigenvalue weighted by Crippen LogP contribution is 2.19. The van der Waals surface area contributed by atoms with E-state index < -0.39 is 23.6 Å². The molecule has 1 aromatic carbocycles. The average molecular weight is 243 g/mol. The molecule has 0 saturated carbocycles. The Kier molecular flexibility index (Phi) is 4.57. The first-order valence-electron chi connectivity index (χ1n) is 5.39. The van der Waals surface area contributed by atoms with Gasteiger partial charge < -0.3 is 5.11 Å². The minimum absolute atomic E-state index is 0.0563. The molecule has 2 atom stereocenters. The summed E-state index contributed by atoms with van der Waals surface area (Å²) in [7, 11) is 0. The number of hydrogen-bond acceptors (Lipinski definition) is 2. The lowest BCUT2D eigenvalue weighted by Crippen LogP contribution is -2.35. The highest BCUT2D eigenvalue weighted by Gasteiger charge is 2.24. The van der Waals surface area contributed by atoms with Crippen molar-refractivity contribution in [2.24, 2.45) is 0 Å². The van der Waals surface area contributed by atoms with Gasteiger partial charge in [-0.25, -0.2) is 8.78 Å². The summed E-state index contributed by atoms with van der Waals surface area (Å²) in [5.41, 5.74) is -0.0563. The Labute approximate surface area is 98.5 Å². The minimum atomic E-state index is -1.18. The number of aliphatic carboxylic acids is 1. The van der Waals surface area contributed by atoms with Crippen LogP contribution in [0.5, 0.6) is 0 Å². The Morgan fingerprint density at radius 1 is 1.47 bits per heavy atom. The van der Waals surface area contributed by atoms with Gasteiger partial charge in [0.1, 0.15) is 17.7 Å². The lowest BCUT2D eigenvalue weighted by molar-refractivity contribution is -0.140. The van der Waals surface area contributed by atoms with Crippen molar-refractivity contribution in [3.8, 4) is 0 Å². The third-order valence-corrected chi connectivity index (χ3v) is 2.58. The lowest BCUT2D eigenvalue weighted by Gasteiger charge is -2.19. The maximum Gasteiger partial charge on any atom is 0.325 e. The molecular formula is C12H15F2NO2. The van der Waals surface area contributed by atoms with Gasteiger partial charge in [-0.1, -0.05) is 13.0 Å². The van der Waals surface area contributed by atoms with Crippen molar-refractivity contribution in [2.75, 3.05) is 0 Å². The van der Waals surface area contributed by atoms with Crippen molar-refractivity contribution < 1.29 is 18.7 Å². The summed E-state index contributed by atoms with van der Waals surface area (Å²) < 4.78 is 26.2. The number of carboxylic acids is 1. The normalized spacial score (nSPS) is 14.4. The zero-order chi connectivity index (χ0) is 13.0. The molecule has 0 saturated heterocycles. The fraction of sp³-hybridized carbons (Fsp3) is 0.417. The molecule has 0 heterocycles. The summed E-state index contributed by atoms with van der Waals surface area (Å²) in [4.78, 5) is 11.1. The third kappa shape index (κ3) is 3.49. The van der Waals surface area contributed by atoms with E-state index in [-0.39, 0.29) is 11.6 Å². The Balaban J connectivity index is 3.01. The van der Waals surface area contributed by atoms with E-state index in [9.17, 15) is 13.6 Å². The van der Waals surface area contributed by atoms with Crippen LogP contribution < -0.4 is 5.32 Å². The van der Waals surface area contributed by atoms with Crippen LogP contribution in [0.4, 0.5) is 8.78 Å². The van der Waals surface area contributed by atoms with E-state index in [2.05, 4.69) is 5.32 Å². The molecule has 0 fully saturated rings. The number of carboxylic acid groups (broad SMARTS) is 1. The summed E-state index contributed by atoms with van der Waals surface area (Å²) in [6, 6.07) is 1.65. The monoisotopic (exact) mass is 243 g/mol. The highest BCUT2D eigenvalue weighted by atomic mass is 19.1. The Morgan fingerprint density at radius 3 is 2.59 bits per heavy atom. The van der Waals surface area contributed by atoms with Crippen LogP contribution in [0.2, 0.25) is 0 Å². The summed E-state index contributed by atoms with van der Waals surface area (Å²) in [6.07, 6.45) is 0.715.